The summed E-state index contributed by atoms with van der Waals surface area (Å²) < 4.78 is 26.2. The van der Waals surface area contributed by atoms with E-state index in [1.807, 2.05) is 0 Å². The second kappa shape index (κ2) is 5.44. The van der Waals surface area contributed by atoms with Gasteiger partial charge < -0.3 is 11.1 Å². The quantitative estimate of drug-likeness (QED) is 0.852. The monoisotopic (exact) mass is 254 g/mol. The molecule has 1 saturated carbocycles. The number of hydrogen-bond acceptors (Lipinski definition) is 2. The van der Waals surface area contributed by atoms with Crippen molar-refractivity contribution in [2.24, 2.45) is 11.7 Å². The largest absolute Gasteiger partial charge is 0.356 e. The fraction of sp³-hybridized carbons (Fsp3) is 0.462. The molecule has 3 N–H and O–H groups in total. The molecular formula is C13H16F2N2O. The van der Waals surface area contributed by atoms with Crippen LogP contribution >= 0.6 is 0 Å². The summed E-state index contributed by atoms with van der Waals surface area (Å²) in [6, 6.07) is 4.09. The lowest BCUT2D eigenvalue weighted by Gasteiger charge is -2.32. The molecule has 0 heterocycles. The van der Waals surface area contributed by atoms with Crippen molar-refractivity contribution in [1.82, 2.24) is 5.32 Å². The topological polar surface area (TPSA) is 55.1 Å². The number of amides is 1. The van der Waals surface area contributed by atoms with E-state index in [1.54, 1.807) is 0 Å². The molecule has 3 nitrogen and oxygen atoms in total. The standard InChI is InChI=1S/C13H16F2N2O/c14-11-3-1-2-9(13(11)15)6-12(18)17-7-8-4-10(16)5-8/h1-3,8,10H,4-7,16H2,(H,17,18). The first-order valence-electron chi connectivity index (χ1n) is 6.01. The van der Waals surface area contributed by atoms with E-state index in [-0.39, 0.29) is 23.9 Å². The summed E-state index contributed by atoms with van der Waals surface area (Å²) in [7, 11) is 0. The lowest BCUT2D eigenvalue weighted by Crippen LogP contribution is -2.43. The molecule has 1 amide bonds. The van der Waals surface area contributed by atoms with Gasteiger partial charge in [-0.15, -0.1) is 0 Å². The van der Waals surface area contributed by atoms with E-state index in [2.05, 4.69) is 5.32 Å². The van der Waals surface area contributed by atoms with E-state index in [0.717, 1.165) is 18.9 Å². The van der Waals surface area contributed by atoms with Gasteiger partial charge in [-0.2, -0.15) is 0 Å². The van der Waals surface area contributed by atoms with Crippen molar-refractivity contribution in [2.45, 2.75) is 25.3 Å². The molecule has 1 aromatic rings. The number of rotatable bonds is 4. The number of hydrogen-bond donors (Lipinski definition) is 2. The van der Waals surface area contributed by atoms with Crippen molar-refractivity contribution in [2.75, 3.05) is 6.54 Å². The zero-order chi connectivity index (χ0) is 13.1. The molecular weight excluding hydrogens is 238 g/mol. The third-order valence-electron chi connectivity index (χ3n) is 3.24. The Bertz CT molecular complexity index is 445. The van der Waals surface area contributed by atoms with Gasteiger partial charge in [0, 0.05) is 18.2 Å². The van der Waals surface area contributed by atoms with E-state index in [9.17, 15) is 13.6 Å². The third kappa shape index (κ3) is 3.04. The number of carbonyl (C=O) groups is 1. The van der Waals surface area contributed by atoms with Crippen LogP contribution in [0.5, 0.6) is 0 Å². The Morgan fingerprint density at radius 1 is 1.39 bits per heavy atom. The highest BCUT2D eigenvalue weighted by Gasteiger charge is 2.25. The molecule has 0 bridgehead atoms. The first-order chi connectivity index (χ1) is 8.56. The average molecular weight is 254 g/mol. The Kier molecular flexibility index (Phi) is 3.91. The van der Waals surface area contributed by atoms with Crippen molar-refractivity contribution in [3.05, 3.63) is 35.4 Å². The van der Waals surface area contributed by atoms with Gasteiger partial charge in [0.25, 0.3) is 0 Å². The van der Waals surface area contributed by atoms with E-state index in [1.165, 1.54) is 12.1 Å². The minimum absolute atomic E-state index is 0.0813. The summed E-state index contributed by atoms with van der Waals surface area (Å²) in [6.45, 7) is 0.559. The van der Waals surface area contributed by atoms with Crippen LogP contribution in [-0.2, 0) is 11.2 Å². The Labute approximate surface area is 104 Å². The van der Waals surface area contributed by atoms with Crippen molar-refractivity contribution in [1.29, 1.82) is 0 Å². The van der Waals surface area contributed by atoms with Gasteiger partial charge in [-0.1, -0.05) is 12.1 Å². The molecule has 1 fully saturated rings. The van der Waals surface area contributed by atoms with Gasteiger partial charge in [0.2, 0.25) is 5.91 Å². The highest BCUT2D eigenvalue weighted by Crippen LogP contribution is 2.24. The molecule has 0 spiro atoms. The van der Waals surface area contributed by atoms with Gasteiger partial charge >= 0.3 is 0 Å². The van der Waals surface area contributed by atoms with Gasteiger partial charge in [-0.05, 0) is 24.8 Å². The fourth-order valence-corrected chi connectivity index (χ4v) is 2.13. The maximum absolute atomic E-state index is 13.3. The van der Waals surface area contributed by atoms with Crippen molar-refractivity contribution in [3.8, 4) is 0 Å². The maximum Gasteiger partial charge on any atom is 0.224 e. The van der Waals surface area contributed by atoms with Crippen molar-refractivity contribution in [3.63, 3.8) is 0 Å². The van der Waals surface area contributed by atoms with Crippen molar-refractivity contribution >= 4 is 5.91 Å². The highest BCUT2D eigenvalue weighted by atomic mass is 19.2. The van der Waals surface area contributed by atoms with Crippen LogP contribution in [0.2, 0.25) is 0 Å². The second-order valence-electron chi connectivity index (χ2n) is 4.79. The van der Waals surface area contributed by atoms with Gasteiger partial charge in [0.15, 0.2) is 11.6 Å². The predicted molar refractivity (Wildman–Crippen MR) is 63.8 cm³/mol. The molecule has 0 radical (unpaired) electrons. The molecule has 1 aromatic carbocycles. The first kappa shape index (κ1) is 13.0. The first-order valence-corrected chi connectivity index (χ1v) is 6.01. The molecule has 2 rings (SSSR count). The summed E-state index contributed by atoms with van der Waals surface area (Å²) in [6.07, 6.45) is 1.69. The Morgan fingerprint density at radius 2 is 2.11 bits per heavy atom. The Morgan fingerprint density at radius 3 is 2.78 bits per heavy atom. The molecule has 18 heavy (non-hydrogen) atoms. The van der Waals surface area contributed by atoms with Crippen LogP contribution in [0.25, 0.3) is 0 Å². The number of nitrogens with two attached hydrogens (primary N) is 1. The SMILES string of the molecule is NC1CC(CNC(=O)Cc2cccc(F)c2F)C1. The highest BCUT2D eigenvalue weighted by molar-refractivity contribution is 5.78. The summed E-state index contributed by atoms with van der Waals surface area (Å²) in [5.41, 5.74) is 5.71. The van der Waals surface area contributed by atoms with E-state index in [0.29, 0.717) is 12.5 Å². The second-order valence-corrected chi connectivity index (χ2v) is 4.79. The summed E-state index contributed by atoms with van der Waals surface area (Å²) >= 11 is 0. The molecule has 98 valence electrons. The Hall–Kier alpha value is -1.49. The van der Waals surface area contributed by atoms with E-state index >= 15 is 0 Å². The Balaban J connectivity index is 1.82. The van der Waals surface area contributed by atoms with Crippen molar-refractivity contribution < 1.29 is 13.6 Å². The van der Waals surface area contributed by atoms with Crippen LogP contribution in [0, 0.1) is 17.6 Å². The summed E-state index contributed by atoms with van der Waals surface area (Å²) in [5, 5.41) is 2.72. The van der Waals surface area contributed by atoms with Gasteiger partial charge in [0.1, 0.15) is 0 Å². The number of nitrogens with one attached hydrogen (secondary N) is 1. The number of carbonyl (C=O) groups excluding carboxylic acids is 1. The van der Waals surface area contributed by atoms with Gasteiger partial charge in [-0.25, -0.2) is 8.78 Å². The summed E-state index contributed by atoms with van der Waals surface area (Å²) in [5.74, 6) is -1.75. The maximum atomic E-state index is 13.3. The predicted octanol–water partition coefficient (Wildman–Crippen LogP) is 1.36. The zero-order valence-electron chi connectivity index (χ0n) is 9.96. The van der Waals surface area contributed by atoms with Crippen LogP contribution in [0.15, 0.2) is 18.2 Å². The van der Waals surface area contributed by atoms with E-state index < -0.39 is 11.6 Å². The van der Waals surface area contributed by atoms with Crippen LogP contribution in [-0.4, -0.2) is 18.5 Å². The third-order valence-corrected chi connectivity index (χ3v) is 3.24. The average Bonchev–Trinajstić information content (AvgIpc) is 2.29. The molecule has 0 aromatic heterocycles. The minimum Gasteiger partial charge on any atom is -0.356 e. The lowest BCUT2D eigenvalue weighted by molar-refractivity contribution is -0.120. The number of halogens is 2. The molecule has 1 aliphatic rings. The summed E-state index contributed by atoms with van der Waals surface area (Å²) in [4.78, 5) is 11.6. The van der Waals surface area contributed by atoms with E-state index in [4.69, 9.17) is 5.73 Å². The van der Waals surface area contributed by atoms with Crippen LogP contribution in [0.4, 0.5) is 8.78 Å². The zero-order valence-corrected chi connectivity index (χ0v) is 9.96. The minimum atomic E-state index is -0.946. The smallest absolute Gasteiger partial charge is 0.224 e. The van der Waals surface area contributed by atoms with Crippen LogP contribution in [0.3, 0.4) is 0 Å². The molecule has 0 aliphatic heterocycles. The van der Waals surface area contributed by atoms with Crippen LogP contribution in [0.1, 0.15) is 18.4 Å². The van der Waals surface area contributed by atoms with Crippen LogP contribution < -0.4 is 11.1 Å². The number of benzene rings is 1. The fourth-order valence-electron chi connectivity index (χ4n) is 2.13. The molecule has 0 unspecified atom stereocenters. The normalized spacial score (nSPS) is 22.4. The molecule has 1 aliphatic carbocycles. The molecule has 0 saturated heterocycles. The molecule has 5 heteroatoms. The lowest BCUT2D eigenvalue weighted by atomic mass is 9.81. The van der Waals surface area contributed by atoms with Gasteiger partial charge in [-0.3, -0.25) is 4.79 Å². The van der Waals surface area contributed by atoms with Gasteiger partial charge in [0.05, 0.1) is 6.42 Å². The molecule has 0 atom stereocenters.